The average molecular weight is 426 g/mol. The van der Waals surface area contributed by atoms with Crippen LogP contribution in [0.2, 0.25) is 0 Å². The molecule has 1 heterocycles. The predicted octanol–water partition coefficient (Wildman–Crippen LogP) is 6.86. The van der Waals surface area contributed by atoms with Gasteiger partial charge in [0, 0.05) is 12.0 Å². The Morgan fingerprint density at radius 2 is 1.61 bits per heavy atom. The van der Waals surface area contributed by atoms with Gasteiger partial charge in [0.1, 0.15) is 5.82 Å². The lowest BCUT2D eigenvalue weighted by Gasteiger charge is -2.33. The van der Waals surface area contributed by atoms with Crippen molar-refractivity contribution in [3.63, 3.8) is 0 Å². The highest BCUT2D eigenvalue weighted by Gasteiger charge is 2.46. The fourth-order valence-electron chi connectivity index (χ4n) is 4.15. The Morgan fingerprint density at radius 1 is 1.00 bits per heavy atom. The van der Waals surface area contributed by atoms with Crippen LogP contribution in [0.4, 0.5) is 13.2 Å². The molecule has 0 bridgehead atoms. The topological polar surface area (TPSA) is 29.5 Å². The summed E-state index contributed by atoms with van der Waals surface area (Å²) in [5, 5.41) is 9.64. The van der Waals surface area contributed by atoms with Crippen LogP contribution >= 0.6 is 0 Å². The summed E-state index contributed by atoms with van der Waals surface area (Å²) in [6, 6.07) is 18.5. The first-order valence-corrected chi connectivity index (χ1v) is 10.5. The molecule has 0 amide bonds. The van der Waals surface area contributed by atoms with Crippen LogP contribution in [-0.4, -0.2) is 5.11 Å². The summed E-state index contributed by atoms with van der Waals surface area (Å²) < 4.78 is 49.1. The molecule has 0 aromatic heterocycles. The summed E-state index contributed by atoms with van der Waals surface area (Å²) in [7, 11) is 0. The van der Waals surface area contributed by atoms with Crippen molar-refractivity contribution in [2.75, 3.05) is 0 Å². The van der Waals surface area contributed by atoms with Crippen LogP contribution in [0.25, 0.3) is 11.1 Å². The van der Waals surface area contributed by atoms with E-state index in [4.69, 9.17) is 4.74 Å². The van der Waals surface area contributed by atoms with Crippen molar-refractivity contribution in [1.29, 1.82) is 0 Å². The molecule has 3 aromatic rings. The zero-order chi connectivity index (χ0) is 22.2. The van der Waals surface area contributed by atoms with Crippen molar-refractivity contribution < 1.29 is 23.0 Å². The summed E-state index contributed by atoms with van der Waals surface area (Å²) in [6.07, 6.45) is -3.59. The number of hydrogen-bond acceptors (Lipinski definition) is 2. The van der Waals surface area contributed by atoms with E-state index < -0.39 is 29.7 Å². The number of halogens is 3. The van der Waals surface area contributed by atoms with Gasteiger partial charge in [0.25, 0.3) is 0 Å². The lowest BCUT2D eigenvalue weighted by molar-refractivity contribution is -0.284. The first kappa shape index (κ1) is 21.6. The van der Waals surface area contributed by atoms with Crippen LogP contribution in [0.3, 0.4) is 0 Å². The summed E-state index contributed by atoms with van der Waals surface area (Å²) >= 11 is 0. The van der Waals surface area contributed by atoms with Gasteiger partial charge in [-0.15, -0.1) is 0 Å². The van der Waals surface area contributed by atoms with E-state index in [1.165, 1.54) is 24.6 Å². The molecule has 1 aliphatic heterocycles. The quantitative estimate of drug-likeness (QED) is 0.483. The van der Waals surface area contributed by atoms with Crippen molar-refractivity contribution in [3.05, 3.63) is 94.3 Å². The number of aliphatic hydroxyl groups is 1. The number of aliphatic hydroxyl groups excluding tert-OH is 1. The second-order valence-corrected chi connectivity index (χ2v) is 8.08. The lowest BCUT2D eigenvalue weighted by atomic mass is 9.90. The maximum absolute atomic E-state index is 14.7. The third kappa shape index (κ3) is 4.25. The van der Waals surface area contributed by atoms with Gasteiger partial charge < -0.3 is 9.84 Å². The molecule has 2 unspecified atom stereocenters. The molecule has 4 rings (SSSR count). The molecule has 5 heteroatoms. The van der Waals surface area contributed by atoms with Crippen molar-refractivity contribution in [3.8, 4) is 11.1 Å². The number of benzene rings is 3. The van der Waals surface area contributed by atoms with Gasteiger partial charge in [-0.1, -0.05) is 74.0 Å². The summed E-state index contributed by atoms with van der Waals surface area (Å²) in [5.41, 5.74) is 3.20. The molecule has 2 nitrogen and oxygen atoms in total. The van der Waals surface area contributed by atoms with Crippen LogP contribution in [0, 0.1) is 5.82 Å². The van der Waals surface area contributed by atoms with E-state index in [0.29, 0.717) is 5.56 Å². The molecule has 0 fully saturated rings. The van der Waals surface area contributed by atoms with E-state index in [-0.39, 0.29) is 17.5 Å². The fourth-order valence-corrected chi connectivity index (χ4v) is 4.15. The monoisotopic (exact) mass is 426 g/mol. The van der Waals surface area contributed by atoms with E-state index in [0.717, 1.165) is 24.0 Å². The predicted molar refractivity (Wildman–Crippen MR) is 114 cm³/mol. The van der Waals surface area contributed by atoms with Crippen LogP contribution in [-0.2, 0) is 23.7 Å². The molecule has 2 atom stereocenters. The number of hydrogen-bond donors (Lipinski definition) is 1. The minimum atomic E-state index is -3.78. The number of fused-ring (bicyclic) bond motifs is 1. The molecule has 0 spiro atoms. The summed E-state index contributed by atoms with van der Waals surface area (Å²) in [5.74, 6) is -1.10. The van der Waals surface area contributed by atoms with E-state index in [2.05, 4.69) is 31.2 Å². The van der Waals surface area contributed by atoms with Crippen LogP contribution in [0.1, 0.15) is 60.3 Å². The van der Waals surface area contributed by atoms with Crippen LogP contribution in [0.5, 0.6) is 0 Å². The second kappa shape index (κ2) is 8.48. The largest absolute Gasteiger partial charge is 0.389 e. The maximum atomic E-state index is 14.7. The number of rotatable bonds is 5. The zero-order valence-electron chi connectivity index (χ0n) is 17.5. The van der Waals surface area contributed by atoms with Crippen molar-refractivity contribution in [2.24, 2.45) is 0 Å². The fraction of sp³-hybridized carbons (Fsp3) is 0.308. The van der Waals surface area contributed by atoms with Gasteiger partial charge in [0.15, 0.2) is 0 Å². The van der Waals surface area contributed by atoms with Crippen LogP contribution in [0.15, 0.2) is 60.7 Å². The van der Waals surface area contributed by atoms with Gasteiger partial charge in [0.2, 0.25) is 0 Å². The molecule has 0 radical (unpaired) electrons. The molecular formula is C26H25F3O2. The zero-order valence-corrected chi connectivity index (χ0v) is 17.5. The summed E-state index contributed by atoms with van der Waals surface area (Å²) in [4.78, 5) is 0. The normalized spacial score (nSPS) is 18.5. The molecule has 1 aliphatic rings. The lowest BCUT2D eigenvalue weighted by Crippen LogP contribution is -2.31. The first-order chi connectivity index (χ1) is 14.8. The number of aryl methyl sites for hydroxylation is 1. The standard InChI is InChI=1S/C26H25F3O2/c1-3-4-17-5-7-18(8-6-17)19-9-11-20(12-10-19)23-15-21-13-14-22(16(2)30)25(27)24(21)26(28,29)31-23/h5-14,16,23,30H,3-4,15H2,1-2H3. The molecule has 162 valence electrons. The highest BCUT2D eigenvalue weighted by molar-refractivity contribution is 5.64. The maximum Gasteiger partial charge on any atom is 0.387 e. The molecular weight excluding hydrogens is 401 g/mol. The molecule has 31 heavy (non-hydrogen) atoms. The van der Waals surface area contributed by atoms with Gasteiger partial charge in [-0.2, -0.15) is 8.78 Å². The Bertz CT molecular complexity index is 1060. The first-order valence-electron chi connectivity index (χ1n) is 10.5. The van der Waals surface area contributed by atoms with Crippen LogP contribution < -0.4 is 0 Å². The van der Waals surface area contributed by atoms with Gasteiger partial charge in [-0.25, -0.2) is 4.39 Å². The minimum absolute atomic E-state index is 0.132. The molecule has 3 aromatic carbocycles. The third-order valence-corrected chi connectivity index (χ3v) is 5.80. The second-order valence-electron chi connectivity index (χ2n) is 8.08. The molecule has 0 saturated heterocycles. The molecule has 0 aliphatic carbocycles. The van der Waals surface area contributed by atoms with E-state index in [9.17, 15) is 18.3 Å². The van der Waals surface area contributed by atoms with Gasteiger partial charge in [-0.3, -0.25) is 0 Å². The van der Waals surface area contributed by atoms with E-state index >= 15 is 0 Å². The molecule has 0 saturated carbocycles. The van der Waals surface area contributed by atoms with Gasteiger partial charge in [0.05, 0.1) is 17.8 Å². The Balaban J connectivity index is 1.59. The summed E-state index contributed by atoms with van der Waals surface area (Å²) in [6.45, 7) is 3.48. The molecule has 1 N–H and O–H groups in total. The van der Waals surface area contributed by atoms with Crippen molar-refractivity contribution in [1.82, 2.24) is 0 Å². The number of alkyl halides is 2. The van der Waals surface area contributed by atoms with E-state index in [1.54, 1.807) is 12.1 Å². The highest BCUT2D eigenvalue weighted by atomic mass is 19.3. The Labute approximate surface area is 180 Å². The third-order valence-electron chi connectivity index (χ3n) is 5.80. The van der Waals surface area contributed by atoms with Gasteiger partial charge >= 0.3 is 6.11 Å². The Kier molecular flexibility index (Phi) is 5.91. The highest BCUT2D eigenvalue weighted by Crippen LogP contribution is 2.46. The average Bonchev–Trinajstić information content (AvgIpc) is 2.73. The van der Waals surface area contributed by atoms with E-state index in [1.807, 2.05) is 12.1 Å². The Hall–Kier alpha value is -2.63. The number of ether oxygens (including phenoxy) is 1. The van der Waals surface area contributed by atoms with Crippen molar-refractivity contribution >= 4 is 0 Å². The SMILES string of the molecule is CCCc1ccc(-c2ccc(C3Cc4ccc(C(C)O)c(F)c4C(F)(F)O3)cc2)cc1. The Morgan fingerprint density at radius 3 is 2.19 bits per heavy atom. The minimum Gasteiger partial charge on any atom is -0.389 e. The smallest absolute Gasteiger partial charge is 0.387 e. The van der Waals surface area contributed by atoms with Crippen molar-refractivity contribution in [2.45, 2.75) is 51.4 Å². The van der Waals surface area contributed by atoms with Gasteiger partial charge in [-0.05, 0) is 41.2 Å².